The molecule has 0 spiro atoms. The summed E-state index contributed by atoms with van der Waals surface area (Å²) in [4.78, 5) is 15.5. The van der Waals surface area contributed by atoms with Gasteiger partial charge in [0.2, 0.25) is 0 Å². The zero-order valence-corrected chi connectivity index (χ0v) is 34.1. The van der Waals surface area contributed by atoms with Crippen LogP contribution in [0.2, 0.25) is 0 Å². The quantitative estimate of drug-likeness (QED) is 0.151. The maximum atomic E-state index is 6.65. The van der Waals surface area contributed by atoms with Crippen LogP contribution >= 0.6 is 0 Å². The molecule has 0 bridgehead atoms. The van der Waals surface area contributed by atoms with Crippen molar-refractivity contribution in [1.82, 2.24) is 15.0 Å². The van der Waals surface area contributed by atoms with Gasteiger partial charge in [0.15, 0.2) is 5.82 Å². The summed E-state index contributed by atoms with van der Waals surface area (Å²) in [5.74, 6) is 0.693. The minimum absolute atomic E-state index is 0.693. The SMILES string of the molecule is c1ccc(-c2ccc(-c3cc(-c4ccc(-c5cccc(-c6c7c(cc8c(-c9ccccc9)nc9ccccc9c68)oc6ccccc67)c5)cc4)nc(-c4ccccc4)n3)cc2)cc1. The van der Waals surface area contributed by atoms with Crippen molar-refractivity contribution < 1.29 is 4.42 Å². The number of para-hydroxylation sites is 2. The van der Waals surface area contributed by atoms with E-state index in [-0.39, 0.29) is 0 Å². The number of nitrogens with zero attached hydrogens (tertiary/aromatic N) is 3. The fourth-order valence-electron chi connectivity index (χ4n) is 9.03. The highest BCUT2D eigenvalue weighted by molar-refractivity contribution is 6.27. The summed E-state index contributed by atoms with van der Waals surface area (Å²) in [6.45, 7) is 0. The molecule has 294 valence electrons. The third-order valence-electron chi connectivity index (χ3n) is 12.1. The molecule has 3 heterocycles. The molecule has 0 fully saturated rings. The Morgan fingerprint density at radius 2 is 0.794 bits per heavy atom. The summed E-state index contributed by atoms with van der Waals surface area (Å²) < 4.78 is 6.65. The van der Waals surface area contributed by atoms with Crippen LogP contribution in [0.4, 0.5) is 0 Å². The number of pyridine rings is 1. The van der Waals surface area contributed by atoms with Crippen molar-refractivity contribution in [2.45, 2.75) is 0 Å². The van der Waals surface area contributed by atoms with E-state index in [0.29, 0.717) is 5.82 Å². The molecule has 0 aliphatic heterocycles. The molecule has 0 saturated heterocycles. The lowest BCUT2D eigenvalue weighted by molar-refractivity contribution is 0.669. The van der Waals surface area contributed by atoms with Crippen LogP contribution in [-0.2, 0) is 0 Å². The number of aromatic nitrogens is 3. The van der Waals surface area contributed by atoms with Crippen molar-refractivity contribution in [3.05, 3.63) is 224 Å². The van der Waals surface area contributed by atoms with Crippen LogP contribution in [-0.4, -0.2) is 15.0 Å². The highest BCUT2D eigenvalue weighted by Crippen LogP contribution is 2.47. The van der Waals surface area contributed by atoms with Gasteiger partial charge < -0.3 is 4.42 Å². The van der Waals surface area contributed by atoms with Gasteiger partial charge in [-0.25, -0.2) is 15.0 Å². The van der Waals surface area contributed by atoms with Gasteiger partial charge in [0.1, 0.15) is 11.2 Å². The second-order valence-electron chi connectivity index (χ2n) is 15.9. The van der Waals surface area contributed by atoms with E-state index in [1.165, 1.54) is 11.1 Å². The number of benzene rings is 9. The second-order valence-corrected chi connectivity index (χ2v) is 15.9. The molecule has 0 unspecified atom stereocenters. The Morgan fingerprint density at radius 1 is 0.286 bits per heavy atom. The highest BCUT2D eigenvalue weighted by atomic mass is 16.3. The number of furan rings is 1. The summed E-state index contributed by atoms with van der Waals surface area (Å²) in [7, 11) is 0. The van der Waals surface area contributed by atoms with E-state index in [2.05, 4.69) is 188 Å². The van der Waals surface area contributed by atoms with Gasteiger partial charge in [0.25, 0.3) is 0 Å². The van der Waals surface area contributed by atoms with Crippen LogP contribution in [0.3, 0.4) is 0 Å². The average Bonchev–Trinajstić information content (AvgIpc) is 3.74. The number of fused-ring (bicyclic) bond motifs is 6. The molecule has 4 heteroatoms. The molecule has 63 heavy (non-hydrogen) atoms. The molecule has 12 rings (SSSR count). The first-order valence-corrected chi connectivity index (χ1v) is 21.3. The minimum atomic E-state index is 0.693. The third-order valence-corrected chi connectivity index (χ3v) is 12.1. The molecule has 4 nitrogen and oxygen atoms in total. The third kappa shape index (κ3) is 6.53. The van der Waals surface area contributed by atoms with Gasteiger partial charge in [-0.1, -0.05) is 194 Å². The predicted molar refractivity (Wildman–Crippen MR) is 260 cm³/mol. The second kappa shape index (κ2) is 15.2. The summed E-state index contributed by atoms with van der Waals surface area (Å²) in [6.07, 6.45) is 0. The van der Waals surface area contributed by atoms with Crippen molar-refractivity contribution in [3.63, 3.8) is 0 Å². The first-order chi connectivity index (χ1) is 31.2. The molecular weight excluding hydrogens is 767 g/mol. The van der Waals surface area contributed by atoms with Gasteiger partial charge in [-0.15, -0.1) is 0 Å². The molecule has 3 aromatic heterocycles. The Morgan fingerprint density at radius 3 is 1.48 bits per heavy atom. The van der Waals surface area contributed by atoms with Crippen molar-refractivity contribution in [2.75, 3.05) is 0 Å². The fourth-order valence-corrected chi connectivity index (χ4v) is 9.03. The lowest BCUT2D eigenvalue weighted by Crippen LogP contribution is -1.96. The summed E-state index contributed by atoms with van der Waals surface area (Å²) in [5.41, 5.74) is 16.3. The summed E-state index contributed by atoms with van der Waals surface area (Å²) >= 11 is 0. The smallest absolute Gasteiger partial charge is 0.160 e. The molecule has 0 N–H and O–H groups in total. The van der Waals surface area contributed by atoms with Crippen LogP contribution in [0.1, 0.15) is 0 Å². The van der Waals surface area contributed by atoms with E-state index in [9.17, 15) is 0 Å². The van der Waals surface area contributed by atoms with Gasteiger partial charge in [0, 0.05) is 54.7 Å². The Hall–Kier alpha value is -8.47. The van der Waals surface area contributed by atoms with Gasteiger partial charge in [0.05, 0.1) is 22.6 Å². The molecule has 0 atom stereocenters. The van der Waals surface area contributed by atoms with Gasteiger partial charge in [-0.2, -0.15) is 0 Å². The summed E-state index contributed by atoms with van der Waals surface area (Å²) in [6, 6.07) is 78.5. The van der Waals surface area contributed by atoms with Crippen LogP contribution in [0.15, 0.2) is 229 Å². The van der Waals surface area contributed by atoms with E-state index < -0.39 is 0 Å². The predicted octanol–water partition coefficient (Wildman–Crippen LogP) is 15.7. The van der Waals surface area contributed by atoms with E-state index in [1.54, 1.807) is 0 Å². The molecule has 9 aromatic carbocycles. The maximum absolute atomic E-state index is 6.65. The van der Waals surface area contributed by atoms with Crippen LogP contribution in [0.25, 0.3) is 122 Å². The first-order valence-electron chi connectivity index (χ1n) is 21.3. The van der Waals surface area contributed by atoms with Crippen molar-refractivity contribution >= 4 is 43.6 Å². The average molecular weight is 804 g/mol. The highest BCUT2D eigenvalue weighted by Gasteiger charge is 2.22. The van der Waals surface area contributed by atoms with Crippen molar-refractivity contribution in [2.24, 2.45) is 0 Å². The molecule has 12 aromatic rings. The standard InChI is InChI=1S/C59H37N3O/c1-4-15-38(16-5-1)39-27-31-41(32-28-39)51-37-52(62-59(61-51)44-19-8-3-9-20-44)42-33-29-40(30-34-42)45-21-14-22-46(35-45)55-56-47-23-10-12-25-50(47)60-58(43-17-6-2-7-18-43)49(56)36-54-57(55)48-24-11-13-26-53(48)63-54/h1-37H. The topological polar surface area (TPSA) is 51.8 Å². The summed E-state index contributed by atoms with van der Waals surface area (Å²) in [5, 5.41) is 5.52. The van der Waals surface area contributed by atoms with E-state index in [1.807, 2.05) is 36.4 Å². The zero-order chi connectivity index (χ0) is 41.7. The molecule has 0 aliphatic carbocycles. The van der Waals surface area contributed by atoms with Gasteiger partial charge >= 0.3 is 0 Å². The molecular formula is C59H37N3O. The van der Waals surface area contributed by atoms with Crippen LogP contribution in [0.5, 0.6) is 0 Å². The van der Waals surface area contributed by atoms with Gasteiger partial charge in [-0.3, -0.25) is 0 Å². The van der Waals surface area contributed by atoms with Crippen LogP contribution < -0.4 is 0 Å². The molecule has 0 amide bonds. The molecule has 0 aliphatic rings. The Labute approximate surface area is 364 Å². The Kier molecular flexibility index (Phi) is 8.79. The number of rotatable bonds is 7. The van der Waals surface area contributed by atoms with E-state index in [4.69, 9.17) is 19.4 Å². The zero-order valence-electron chi connectivity index (χ0n) is 34.1. The largest absolute Gasteiger partial charge is 0.456 e. The minimum Gasteiger partial charge on any atom is -0.456 e. The van der Waals surface area contributed by atoms with Crippen LogP contribution in [0, 0.1) is 0 Å². The van der Waals surface area contributed by atoms with E-state index >= 15 is 0 Å². The fraction of sp³-hybridized carbons (Fsp3) is 0. The molecule has 0 saturated carbocycles. The first kappa shape index (κ1) is 36.4. The van der Waals surface area contributed by atoms with Crippen molar-refractivity contribution in [1.29, 1.82) is 0 Å². The van der Waals surface area contributed by atoms with Gasteiger partial charge in [-0.05, 0) is 58.1 Å². The Balaban J connectivity index is 0.989. The van der Waals surface area contributed by atoms with Crippen molar-refractivity contribution in [3.8, 4) is 78.5 Å². The van der Waals surface area contributed by atoms with E-state index in [0.717, 1.165) is 105 Å². The normalized spacial score (nSPS) is 11.5. The maximum Gasteiger partial charge on any atom is 0.160 e. The lowest BCUT2D eigenvalue weighted by atomic mass is 9.88. The molecule has 0 radical (unpaired) electrons. The lowest BCUT2D eigenvalue weighted by Gasteiger charge is -2.16. The monoisotopic (exact) mass is 803 g/mol. The Bertz CT molecular complexity index is 3640. The number of hydrogen-bond donors (Lipinski definition) is 0. The number of hydrogen-bond acceptors (Lipinski definition) is 4.